The van der Waals surface area contributed by atoms with Gasteiger partial charge in [-0.15, -0.1) is 11.3 Å². The lowest BCUT2D eigenvalue weighted by Gasteiger charge is -2.34. The van der Waals surface area contributed by atoms with E-state index in [0.29, 0.717) is 18.1 Å². The van der Waals surface area contributed by atoms with Gasteiger partial charge in [-0.3, -0.25) is 4.90 Å². The Balaban J connectivity index is 1.28. The summed E-state index contributed by atoms with van der Waals surface area (Å²) in [4.78, 5) is 21.4. The van der Waals surface area contributed by atoms with Gasteiger partial charge in [-0.05, 0) is 18.2 Å². The maximum absolute atomic E-state index is 12.4. The van der Waals surface area contributed by atoms with Crippen molar-refractivity contribution in [3.05, 3.63) is 70.7 Å². The number of hydrogen-bond acceptors (Lipinski definition) is 4. The van der Waals surface area contributed by atoms with Gasteiger partial charge in [0, 0.05) is 54.4 Å². The molecule has 2 aromatic carbocycles. The number of nitrogens with one attached hydrogen (secondary N) is 1. The largest absolute Gasteiger partial charge is 0.322 e. The quantitative estimate of drug-likeness (QED) is 0.668. The minimum absolute atomic E-state index is 0.0815. The molecule has 5 nitrogen and oxygen atoms in total. The summed E-state index contributed by atoms with van der Waals surface area (Å²) in [6, 6.07) is 17.4. The first-order valence-electron chi connectivity index (χ1n) is 9.21. The lowest BCUT2D eigenvalue weighted by atomic mass is 10.2. The number of benzene rings is 2. The molecule has 0 atom stereocenters. The second-order valence-corrected chi connectivity index (χ2v) is 8.01. The van der Waals surface area contributed by atoms with Crippen LogP contribution in [0.2, 0.25) is 5.02 Å². The molecule has 4 rings (SSSR count). The number of aromatic nitrogens is 1. The van der Waals surface area contributed by atoms with Crippen LogP contribution in [-0.2, 0) is 6.54 Å². The normalized spacial score (nSPS) is 14.8. The van der Waals surface area contributed by atoms with E-state index in [2.05, 4.69) is 27.7 Å². The van der Waals surface area contributed by atoms with Gasteiger partial charge in [0.25, 0.3) is 0 Å². The standard InChI is InChI=1S/C21H21ClN4OS/c22-17-7-4-8-18(13-17)24-21(27)26-11-9-25(10-12-26)14-19-15-28-20(23-19)16-5-2-1-3-6-16/h1-8,13,15H,9-12,14H2,(H,24,27). The molecule has 1 saturated heterocycles. The number of rotatable bonds is 4. The summed E-state index contributed by atoms with van der Waals surface area (Å²) >= 11 is 7.65. The van der Waals surface area contributed by atoms with Crippen molar-refractivity contribution in [3.8, 4) is 10.6 Å². The maximum Gasteiger partial charge on any atom is 0.321 e. The number of halogens is 1. The molecule has 0 saturated carbocycles. The highest BCUT2D eigenvalue weighted by Gasteiger charge is 2.22. The van der Waals surface area contributed by atoms with Crippen LogP contribution < -0.4 is 5.32 Å². The average molecular weight is 413 g/mol. The summed E-state index contributed by atoms with van der Waals surface area (Å²) in [5.41, 5.74) is 2.96. The molecule has 28 heavy (non-hydrogen) atoms. The van der Waals surface area contributed by atoms with Crippen LogP contribution in [0.1, 0.15) is 5.69 Å². The van der Waals surface area contributed by atoms with E-state index in [4.69, 9.17) is 16.6 Å². The second-order valence-electron chi connectivity index (χ2n) is 6.71. The highest BCUT2D eigenvalue weighted by molar-refractivity contribution is 7.13. The summed E-state index contributed by atoms with van der Waals surface area (Å²) < 4.78 is 0. The van der Waals surface area contributed by atoms with Gasteiger partial charge in [0.05, 0.1) is 5.69 Å². The summed E-state index contributed by atoms with van der Waals surface area (Å²) in [5.74, 6) is 0. The maximum atomic E-state index is 12.4. The van der Waals surface area contributed by atoms with Gasteiger partial charge in [0.1, 0.15) is 5.01 Å². The fraction of sp³-hybridized carbons (Fsp3) is 0.238. The molecule has 0 spiro atoms. The third-order valence-corrected chi connectivity index (χ3v) is 5.87. The molecule has 0 radical (unpaired) electrons. The molecule has 2 amide bonds. The van der Waals surface area contributed by atoms with E-state index in [1.165, 1.54) is 0 Å². The SMILES string of the molecule is O=C(Nc1cccc(Cl)c1)N1CCN(Cc2csc(-c3ccccc3)n2)CC1. The second kappa shape index (κ2) is 8.73. The van der Waals surface area contributed by atoms with E-state index in [0.717, 1.165) is 41.6 Å². The molecule has 0 aliphatic carbocycles. The first kappa shape index (κ1) is 18.9. The number of nitrogens with zero attached hydrogens (tertiary/aromatic N) is 3. The van der Waals surface area contributed by atoms with Gasteiger partial charge in [-0.2, -0.15) is 0 Å². The monoisotopic (exact) mass is 412 g/mol. The number of hydrogen-bond donors (Lipinski definition) is 1. The van der Waals surface area contributed by atoms with E-state index in [-0.39, 0.29) is 6.03 Å². The van der Waals surface area contributed by atoms with Crippen molar-refractivity contribution in [2.24, 2.45) is 0 Å². The molecule has 1 fully saturated rings. The van der Waals surface area contributed by atoms with Gasteiger partial charge < -0.3 is 10.2 Å². The van der Waals surface area contributed by atoms with Crippen molar-refractivity contribution in [3.63, 3.8) is 0 Å². The fourth-order valence-electron chi connectivity index (χ4n) is 3.20. The molecular weight excluding hydrogens is 392 g/mol. The molecule has 1 aliphatic heterocycles. The van der Waals surface area contributed by atoms with Gasteiger partial charge in [-0.25, -0.2) is 9.78 Å². The Hall–Kier alpha value is -2.41. The number of piperazine rings is 1. The molecule has 1 N–H and O–H groups in total. The Labute approximate surface area is 173 Å². The highest BCUT2D eigenvalue weighted by Crippen LogP contribution is 2.24. The molecule has 0 unspecified atom stereocenters. The Morgan fingerprint density at radius 2 is 1.86 bits per heavy atom. The zero-order chi connectivity index (χ0) is 19.3. The van der Waals surface area contributed by atoms with Crippen molar-refractivity contribution in [1.29, 1.82) is 0 Å². The molecule has 0 bridgehead atoms. The van der Waals surface area contributed by atoms with E-state index in [1.54, 1.807) is 23.5 Å². The van der Waals surface area contributed by atoms with Gasteiger partial charge in [0.15, 0.2) is 0 Å². The van der Waals surface area contributed by atoms with E-state index >= 15 is 0 Å². The smallest absolute Gasteiger partial charge is 0.321 e. The van der Waals surface area contributed by atoms with Crippen LogP contribution in [0.4, 0.5) is 10.5 Å². The van der Waals surface area contributed by atoms with Crippen molar-refractivity contribution in [2.75, 3.05) is 31.5 Å². The summed E-state index contributed by atoms with van der Waals surface area (Å²) in [7, 11) is 0. The van der Waals surface area contributed by atoms with Gasteiger partial charge >= 0.3 is 6.03 Å². The molecular formula is C21H21ClN4OS. The first-order valence-corrected chi connectivity index (χ1v) is 10.5. The van der Waals surface area contributed by atoms with Crippen LogP contribution in [0.15, 0.2) is 60.0 Å². The minimum Gasteiger partial charge on any atom is -0.322 e. The van der Waals surface area contributed by atoms with Gasteiger partial charge in [-0.1, -0.05) is 48.0 Å². The Kier molecular flexibility index (Phi) is 5.90. The number of carbonyl (C=O) groups is 1. The number of carbonyl (C=O) groups excluding carboxylic acids is 1. The van der Waals surface area contributed by atoms with Crippen molar-refractivity contribution >= 4 is 34.7 Å². The Bertz CT molecular complexity index is 938. The molecule has 3 aromatic rings. The Morgan fingerprint density at radius 1 is 1.07 bits per heavy atom. The van der Waals surface area contributed by atoms with E-state index in [9.17, 15) is 4.79 Å². The topological polar surface area (TPSA) is 48.5 Å². The zero-order valence-electron chi connectivity index (χ0n) is 15.3. The predicted molar refractivity (Wildman–Crippen MR) is 115 cm³/mol. The number of urea groups is 1. The molecule has 144 valence electrons. The van der Waals surface area contributed by atoms with E-state index in [1.807, 2.05) is 35.2 Å². The van der Waals surface area contributed by atoms with Crippen molar-refractivity contribution in [2.45, 2.75) is 6.54 Å². The molecule has 1 aromatic heterocycles. The lowest BCUT2D eigenvalue weighted by Crippen LogP contribution is -2.49. The van der Waals surface area contributed by atoms with Gasteiger partial charge in [0.2, 0.25) is 0 Å². The van der Waals surface area contributed by atoms with E-state index < -0.39 is 0 Å². The predicted octanol–water partition coefficient (Wildman–Crippen LogP) is 4.81. The van der Waals surface area contributed by atoms with Crippen LogP contribution >= 0.6 is 22.9 Å². The number of thiazole rings is 1. The van der Waals surface area contributed by atoms with Crippen LogP contribution in [0, 0.1) is 0 Å². The van der Waals surface area contributed by atoms with Crippen molar-refractivity contribution < 1.29 is 4.79 Å². The fourth-order valence-corrected chi connectivity index (χ4v) is 4.21. The first-order chi connectivity index (χ1) is 13.7. The minimum atomic E-state index is -0.0815. The third kappa shape index (κ3) is 4.70. The summed E-state index contributed by atoms with van der Waals surface area (Å²) in [5, 5.41) is 6.70. The number of anilines is 1. The Morgan fingerprint density at radius 3 is 2.61 bits per heavy atom. The van der Waals surface area contributed by atoms with Crippen LogP contribution in [0.5, 0.6) is 0 Å². The molecule has 7 heteroatoms. The summed E-state index contributed by atoms with van der Waals surface area (Å²) in [6.07, 6.45) is 0. The zero-order valence-corrected chi connectivity index (χ0v) is 16.9. The van der Waals surface area contributed by atoms with Crippen molar-refractivity contribution in [1.82, 2.24) is 14.8 Å². The number of amides is 2. The molecule has 1 aliphatic rings. The lowest BCUT2D eigenvalue weighted by molar-refractivity contribution is 0.142. The third-order valence-electron chi connectivity index (χ3n) is 4.69. The van der Waals surface area contributed by atoms with Crippen LogP contribution in [0.25, 0.3) is 10.6 Å². The van der Waals surface area contributed by atoms with Crippen LogP contribution in [-0.4, -0.2) is 47.0 Å². The highest BCUT2D eigenvalue weighted by atomic mass is 35.5. The molecule has 2 heterocycles. The van der Waals surface area contributed by atoms with Crippen LogP contribution in [0.3, 0.4) is 0 Å². The average Bonchev–Trinajstić information content (AvgIpc) is 3.18. The summed E-state index contributed by atoms with van der Waals surface area (Å²) in [6.45, 7) is 3.87.